The van der Waals surface area contributed by atoms with Gasteiger partial charge < -0.3 is 5.11 Å². The van der Waals surface area contributed by atoms with Gasteiger partial charge in [0, 0.05) is 7.05 Å². The van der Waals surface area contributed by atoms with Crippen LogP contribution < -0.4 is 4.72 Å². The highest BCUT2D eigenvalue weighted by atomic mass is 32.2. The van der Waals surface area contributed by atoms with Crippen LogP contribution in [-0.4, -0.2) is 51.2 Å². The lowest BCUT2D eigenvalue weighted by Crippen LogP contribution is -2.41. The molecule has 7 nitrogen and oxygen atoms in total. The van der Waals surface area contributed by atoms with Crippen LogP contribution in [0.25, 0.3) is 0 Å². The summed E-state index contributed by atoms with van der Waals surface area (Å²) in [4.78, 5) is -0.295. The number of aliphatic hydroxyl groups is 1. The summed E-state index contributed by atoms with van der Waals surface area (Å²) in [5, 5.41) is 9.33. The Morgan fingerprint density at radius 2 is 1.91 bits per heavy atom. The van der Waals surface area contributed by atoms with Gasteiger partial charge in [0.05, 0.1) is 28.5 Å². The molecule has 130 valence electrons. The molecule has 10 heteroatoms. The Kier molecular flexibility index (Phi) is 4.73. The number of nitrogens with one attached hydrogen (secondary N) is 1. The minimum Gasteiger partial charge on any atom is -0.394 e. The van der Waals surface area contributed by atoms with Crippen molar-refractivity contribution in [1.29, 1.82) is 0 Å². The fourth-order valence-corrected chi connectivity index (χ4v) is 4.31. The lowest BCUT2D eigenvalue weighted by atomic mass is 10.3. The van der Waals surface area contributed by atoms with Crippen molar-refractivity contribution in [2.24, 2.45) is 0 Å². The topological polar surface area (TPSA) is 104 Å². The van der Waals surface area contributed by atoms with Crippen LogP contribution in [0, 0.1) is 5.82 Å². The molecule has 0 atom stereocenters. The molecule has 23 heavy (non-hydrogen) atoms. The van der Waals surface area contributed by atoms with Crippen molar-refractivity contribution < 1.29 is 26.3 Å². The lowest BCUT2D eigenvalue weighted by molar-refractivity contribution is 0.187. The SMILES string of the molecule is CCS(=O)(=O)Nc1ccc(S(=O)(=O)N(C)C2(CO)CC2)cc1F. The summed E-state index contributed by atoms with van der Waals surface area (Å²) in [5.74, 6) is -1.21. The standard InChI is InChI=1S/C13H19FN2O5S2/c1-3-22(18,19)15-12-5-4-10(8-11(12)14)23(20,21)16(2)13(9-17)6-7-13/h4-5,8,15,17H,3,6-7,9H2,1-2H3. The van der Waals surface area contributed by atoms with Crippen molar-refractivity contribution in [1.82, 2.24) is 4.31 Å². The maximum atomic E-state index is 14.0. The van der Waals surface area contributed by atoms with Gasteiger partial charge in [-0.15, -0.1) is 0 Å². The molecule has 0 radical (unpaired) electrons. The minimum atomic E-state index is -3.98. The number of hydrogen-bond donors (Lipinski definition) is 2. The largest absolute Gasteiger partial charge is 0.394 e. The van der Waals surface area contributed by atoms with Crippen molar-refractivity contribution in [2.75, 3.05) is 24.1 Å². The van der Waals surface area contributed by atoms with E-state index in [0.717, 1.165) is 22.5 Å². The minimum absolute atomic E-state index is 0.228. The number of halogens is 1. The lowest BCUT2D eigenvalue weighted by Gasteiger charge is -2.25. The summed E-state index contributed by atoms with van der Waals surface area (Å²) in [6.45, 7) is 1.09. The van der Waals surface area contributed by atoms with Gasteiger partial charge in [-0.3, -0.25) is 4.72 Å². The Morgan fingerprint density at radius 1 is 1.30 bits per heavy atom. The number of sulfonamides is 2. The first-order chi connectivity index (χ1) is 10.6. The summed E-state index contributed by atoms with van der Waals surface area (Å²) in [6.07, 6.45) is 1.08. The third-order valence-corrected chi connectivity index (χ3v) is 7.28. The van der Waals surface area contributed by atoms with Crippen LogP contribution in [0.5, 0.6) is 0 Å². The van der Waals surface area contributed by atoms with Crippen molar-refractivity contribution in [2.45, 2.75) is 30.2 Å². The van der Waals surface area contributed by atoms with Crippen LogP contribution in [0.2, 0.25) is 0 Å². The van der Waals surface area contributed by atoms with Gasteiger partial charge in [0.25, 0.3) is 0 Å². The van der Waals surface area contributed by atoms with Crippen LogP contribution in [0.4, 0.5) is 10.1 Å². The molecule has 0 amide bonds. The normalized spacial score (nSPS) is 17.3. The number of benzene rings is 1. The molecule has 1 aliphatic carbocycles. The van der Waals surface area contributed by atoms with Gasteiger partial charge in [-0.2, -0.15) is 4.31 Å². The Balaban J connectivity index is 2.33. The predicted molar refractivity (Wildman–Crippen MR) is 83.5 cm³/mol. The zero-order valence-corrected chi connectivity index (χ0v) is 14.4. The van der Waals surface area contributed by atoms with Gasteiger partial charge in [-0.25, -0.2) is 21.2 Å². The van der Waals surface area contributed by atoms with Gasteiger partial charge in [0.15, 0.2) is 0 Å². The molecule has 1 fully saturated rings. The highest BCUT2D eigenvalue weighted by Crippen LogP contribution is 2.43. The first-order valence-electron chi connectivity index (χ1n) is 6.98. The molecule has 0 aliphatic heterocycles. The summed E-state index contributed by atoms with van der Waals surface area (Å²) >= 11 is 0. The molecule has 0 aromatic heterocycles. The summed E-state index contributed by atoms with van der Waals surface area (Å²) in [7, 11) is -6.30. The summed E-state index contributed by atoms with van der Waals surface area (Å²) in [6, 6.07) is 2.98. The third-order valence-electron chi connectivity index (χ3n) is 4.03. The second-order valence-corrected chi connectivity index (χ2v) is 9.48. The zero-order chi connectivity index (χ0) is 17.5. The highest BCUT2D eigenvalue weighted by molar-refractivity contribution is 7.92. The molecular formula is C13H19FN2O5S2. The first kappa shape index (κ1) is 18.1. The van der Waals surface area contributed by atoms with Crippen LogP contribution in [-0.2, 0) is 20.0 Å². The number of nitrogens with zero attached hydrogens (tertiary/aromatic N) is 1. The zero-order valence-electron chi connectivity index (χ0n) is 12.8. The molecule has 2 N–H and O–H groups in total. The fraction of sp³-hybridized carbons (Fsp3) is 0.538. The molecule has 0 bridgehead atoms. The van der Waals surface area contributed by atoms with E-state index in [0.29, 0.717) is 12.8 Å². The van der Waals surface area contributed by atoms with Crippen LogP contribution in [0.15, 0.2) is 23.1 Å². The van der Waals surface area contributed by atoms with Crippen molar-refractivity contribution >= 4 is 25.7 Å². The molecule has 0 unspecified atom stereocenters. The van der Waals surface area contributed by atoms with Gasteiger partial charge in [-0.1, -0.05) is 0 Å². The van der Waals surface area contributed by atoms with E-state index in [2.05, 4.69) is 0 Å². The van der Waals surface area contributed by atoms with E-state index in [9.17, 15) is 26.3 Å². The van der Waals surface area contributed by atoms with E-state index >= 15 is 0 Å². The van der Waals surface area contributed by atoms with E-state index in [1.807, 2.05) is 4.72 Å². The predicted octanol–water partition coefficient (Wildman–Crippen LogP) is 0.733. The molecular weight excluding hydrogens is 347 g/mol. The second-order valence-electron chi connectivity index (χ2n) is 5.50. The molecule has 1 aliphatic rings. The maximum absolute atomic E-state index is 14.0. The van der Waals surface area contributed by atoms with Crippen molar-refractivity contribution in [3.8, 4) is 0 Å². The van der Waals surface area contributed by atoms with Crippen LogP contribution >= 0.6 is 0 Å². The number of hydrogen-bond acceptors (Lipinski definition) is 5. The van der Waals surface area contributed by atoms with Crippen LogP contribution in [0.1, 0.15) is 19.8 Å². The van der Waals surface area contributed by atoms with E-state index in [1.165, 1.54) is 14.0 Å². The van der Waals surface area contributed by atoms with E-state index in [4.69, 9.17) is 0 Å². The Labute approximate surface area is 135 Å². The van der Waals surface area contributed by atoms with Crippen molar-refractivity contribution in [3.05, 3.63) is 24.0 Å². The molecule has 2 rings (SSSR count). The van der Waals surface area contributed by atoms with E-state index in [-0.39, 0.29) is 22.9 Å². The maximum Gasteiger partial charge on any atom is 0.243 e. The number of aliphatic hydroxyl groups excluding tert-OH is 1. The van der Waals surface area contributed by atoms with Crippen LogP contribution in [0.3, 0.4) is 0 Å². The van der Waals surface area contributed by atoms with Gasteiger partial charge >= 0.3 is 0 Å². The number of anilines is 1. The monoisotopic (exact) mass is 366 g/mol. The number of likely N-dealkylation sites (N-methyl/N-ethyl adjacent to an activating group) is 1. The Hall–Kier alpha value is -1.23. The van der Waals surface area contributed by atoms with Crippen molar-refractivity contribution in [3.63, 3.8) is 0 Å². The summed E-state index contributed by atoms with van der Waals surface area (Å²) < 4.78 is 65.0. The average molecular weight is 366 g/mol. The Bertz CT molecular complexity index is 804. The Morgan fingerprint density at radius 3 is 2.35 bits per heavy atom. The molecule has 0 spiro atoms. The first-order valence-corrected chi connectivity index (χ1v) is 10.1. The smallest absolute Gasteiger partial charge is 0.243 e. The molecule has 1 saturated carbocycles. The molecule has 0 saturated heterocycles. The third kappa shape index (κ3) is 3.49. The quantitative estimate of drug-likeness (QED) is 0.740. The summed E-state index contributed by atoms with van der Waals surface area (Å²) in [5.41, 5.74) is -1.13. The fourth-order valence-electron chi connectivity index (χ4n) is 2.11. The highest BCUT2D eigenvalue weighted by Gasteiger charge is 2.50. The van der Waals surface area contributed by atoms with E-state index < -0.39 is 31.4 Å². The molecule has 0 heterocycles. The van der Waals surface area contributed by atoms with Gasteiger partial charge in [-0.05, 0) is 38.0 Å². The average Bonchev–Trinajstić information content (AvgIpc) is 3.29. The molecule has 1 aromatic rings. The number of rotatable bonds is 7. The van der Waals surface area contributed by atoms with Gasteiger partial charge in [0.2, 0.25) is 20.0 Å². The van der Waals surface area contributed by atoms with E-state index in [1.54, 1.807) is 0 Å². The van der Waals surface area contributed by atoms with Gasteiger partial charge in [0.1, 0.15) is 5.82 Å². The second kappa shape index (κ2) is 6.00. The molecule has 1 aromatic carbocycles.